The van der Waals surface area contributed by atoms with Crippen molar-refractivity contribution in [2.75, 3.05) is 7.05 Å². The van der Waals surface area contributed by atoms with Crippen LogP contribution in [0.3, 0.4) is 0 Å². The summed E-state index contributed by atoms with van der Waals surface area (Å²) in [4.78, 5) is 4.25. The normalized spacial score (nSPS) is 12.7. The molecule has 0 aliphatic rings. The van der Waals surface area contributed by atoms with Gasteiger partial charge in [0.05, 0.1) is 17.9 Å². The fraction of sp³-hybridized carbons (Fsp3) is 0.562. The highest BCUT2D eigenvalue weighted by atomic mass is 127. The molecule has 7 nitrogen and oxygen atoms in total. The van der Waals surface area contributed by atoms with Crippen molar-refractivity contribution in [1.29, 1.82) is 0 Å². The average molecular weight is 446 g/mol. The minimum Gasteiger partial charge on any atom is -0.359 e. The second kappa shape index (κ2) is 9.05. The molecule has 134 valence electrons. The number of aliphatic imine (C=N–C) groups is 1. The zero-order valence-corrected chi connectivity index (χ0v) is 17.5. The number of hydrogen-bond acceptors (Lipinski definition) is 4. The number of aryl methyl sites for hydroxylation is 3. The molecule has 0 radical (unpaired) electrons. The molecule has 2 heterocycles. The number of hydrogen-bond donors (Lipinski definition) is 2. The Bertz CT molecular complexity index is 691. The van der Waals surface area contributed by atoms with E-state index in [4.69, 9.17) is 4.52 Å². The Balaban J connectivity index is 0.00000288. The molecule has 0 bridgehead atoms. The Morgan fingerprint density at radius 2 is 2.08 bits per heavy atom. The summed E-state index contributed by atoms with van der Waals surface area (Å²) in [6.45, 7) is 8.74. The van der Waals surface area contributed by atoms with Crippen LogP contribution in [0.4, 0.5) is 0 Å². The van der Waals surface area contributed by atoms with Crippen LogP contribution >= 0.6 is 24.0 Å². The van der Waals surface area contributed by atoms with Crippen LogP contribution in [-0.2, 0) is 20.0 Å². The summed E-state index contributed by atoms with van der Waals surface area (Å²) in [5, 5.41) is 15.0. The summed E-state index contributed by atoms with van der Waals surface area (Å²) in [7, 11) is 3.73. The van der Waals surface area contributed by atoms with E-state index in [9.17, 15) is 0 Å². The molecule has 0 aliphatic carbocycles. The fourth-order valence-electron chi connectivity index (χ4n) is 2.57. The molecule has 2 aromatic rings. The highest BCUT2D eigenvalue weighted by Gasteiger charge is 2.14. The van der Waals surface area contributed by atoms with Crippen molar-refractivity contribution in [3.8, 4) is 0 Å². The second-order valence-corrected chi connectivity index (χ2v) is 5.88. The minimum atomic E-state index is 0. The van der Waals surface area contributed by atoms with Gasteiger partial charge in [0.1, 0.15) is 0 Å². The number of nitrogens with one attached hydrogen (secondary N) is 2. The van der Waals surface area contributed by atoms with E-state index < -0.39 is 0 Å². The quantitative estimate of drug-likeness (QED) is 0.419. The van der Waals surface area contributed by atoms with Crippen molar-refractivity contribution in [2.45, 2.75) is 46.7 Å². The van der Waals surface area contributed by atoms with Gasteiger partial charge in [0.15, 0.2) is 11.7 Å². The first-order chi connectivity index (χ1) is 10.9. The molecule has 24 heavy (non-hydrogen) atoms. The Morgan fingerprint density at radius 1 is 1.38 bits per heavy atom. The monoisotopic (exact) mass is 446 g/mol. The molecule has 1 atom stereocenters. The van der Waals surface area contributed by atoms with Crippen LogP contribution in [0.15, 0.2) is 15.6 Å². The molecule has 2 aromatic heterocycles. The number of nitrogens with zero attached hydrogens (tertiary/aromatic N) is 4. The SMILES string of the molecule is CN=C(NCc1cc(C)no1)NC(C)Cc1c(C)nn(C)c1C.I. The van der Waals surface area contributed by atoms with Crippen molar-refractivity contribution in [3.63, 3.8) is 0 Å². The smallest absolute Gasteiger partial charge is 0.191 e. The van der Waals surface area contributed by atoms with E-state index in [2.05, 4.69) is 39.7 Å². The van der Waals surface area contributed by atoms with Crippen LogP contribution in [0.1, 0.15) is 35.3 Å². The lowest BCUT2D eigenvalue weighted by Gasteiger charge is -2.17. The second-order valence-electron chi connectivity index (χ2n) is 5.88. The van der Waals surface area contributed by atoms with Gasteiger partial charge in [-0.1, -0.05) is 5.16 Å². The Hall–Kier alpha value is -1.58. The minimum absolute atomic E-state index is 0. The molecule has 2 rings (SSSR count). The predicted molar refractivity (Wildman–Crippen MR) is 106 cm³/mol. The maximum atomic E-state index is 5.19. The largest absolute Gasteiger partial charge is 0.359 e. The van der Waals surface area contributed by atoms with E-state index in [0.29, 0.717) is 6.54 Å². The van der Waals surface area contributed by atoms with Crippen molar-refractivity contribution >= 4 is 29.9 Å². The van der Waals surface area contributed by atoms with Crippen molar-refractivity contribution in [1.82, 2.24) is 25.6 Å². The first-order valence-corrected chi connectivity index (χ1v) is 7.79. The van der Waals surface area contributed by atoms with Gasteiger partial charge < -0.3 is 15.2 Å². The maximum absolute atomic E-state index is 5.19. The molecular weight excluding hydrogens is 419 g/mol. The average Bonchev–Trinajstić information content (AvgIpc) is 3.02. The summed E-state index contributed by atoms with van der Waals surface area (Å²) in [6, 6.07) is 2.14. The molecule has 0 aromatic carbocycles. The van der Waals surface area contributed by atoms with Crippen molar-refractivity contribution in [3.05, 3.63) is 34.5 Å². The van der Waals surface area contributed by atoms with Gasteiger partial charge in [0.25, 0.3) is 0 Å². The third kappa shape index (κ3) is 5.22. The molecule has 0 saturated carbocycles. The number of guanidine groups is 1. The van der Waals surface area contributed by atoms with Crippen molar-refractivity contribution < 1.29 is 4.52 Å². The topological polar surface area (TPSA) is 80.3 Å². The summed E-state index contributed by atoms with van der Waals surface area (Å²) in [5.74, 6) is 1.53. The number of aromatic nitrogens is 3. The first-order valence-electron chi connectivity index (χ1n) is 7.79. The zero-order chi connectivity index (χ0) is 17.0. The van der Waals surface area contributed by atoms with Crippen LogP contribution in [0.2, 0.25) is 0 Å². The van der Waals surface area contributed by atoms with E-state index >= 15 is 0 Å². The lowest BCUT2D eigenvalue weighted by molar-refractivity contribution is 0.376. The molecule has 2 N–H and O–H groups in total. The van der Waals surface area contributed by atoms with E-state index in [-0.39, 0.29) is 30.0 Å². The summed E-state index contributed by atoms with van der Waals surface area (Å²) < 4.78 is 7.12. The first kappa shape index (κ1) is 20.5. The van der Waals surface area contributed by atoms with E-state index in [1.54, 1.807) is 7.05 Å². The highest BCUT2D eigenvalue weighted by molar-refractivity contribution is 14.0. The summed E-state index contributed by atoms with van der Waals surface area (Å²) >= 11 is 0. The molecule has 0 saturated heterocycles. The Labute approximate surface area is 160 Å². The standard InChI is InChI=1S/C16H26N6O.HI/c1-10(8-15-12(3)20-22(6)13(15)4)19-16(17-5)18-9-14-7-11(2)21-23-14;/h7,10H,8-9H2,1-6H3,(H2,17,18,19);1H. The van der Waals surface area contributed by atoms with Gasteiger partial charge in [-0.2, -0.15) is 5.10 Å². The van der Waals surface area contributed by atoms with Crippen LogP contribution < -0.4 is 10.6 Å². The van der Waals surface area contributed by atoms with Gasteiger partial charge in [-0.25, -0.2) is 0 Å². The van der Waals surface area contributed by atoms with Gasteiger partial charge in [-0.3, -0.25) is 9.67 Å². The Morgan fingerprint density at radius 3 is 2.58 bits per heavy atom. The Kier molecular flexibility index (Phi) is 7.71. The molecule has 0 amide bonds. The molecule has 0 aliphatic heterocycles. The third-order valence-electron chi connectivity index (χ3n) is 3.88. The van der Waals surface area contributed by atoms with Crippen LogP contribution in [0.5, 0.6) is 0 Å². The van der Waals surface area contributed by atoms with Crippen molar-refractivity contribution in [2.24, 2.45) is 12.0 Å². The van der Waals surface area contributed by atoms with Gasteiger partial charge in [0, 0.05) is 31.9 Å². The molecule has 0 spiro atoms. The third-order valence-corrected chi connectivity index (χ3v) is 3.88. The lowest BCUT2D eigenvalue weighted by atomic mass is 10.1. The zero-order valence-electron chi connectivity index (χ0n) is 15.2. The summed E-state index contributed by atoms with van der Waals surface area (Å²) in [6.07, 6.45) is 0.896. The van der Waals surface area contributed by atoms with Gasteiger partial charge in [0.2, 0.25) is 0 Å². The fourth-order valence-corrected chi connectivity index (χ4v) is 2.57. The van der Waals surface area contributed by atoms with Crippen LogP contribution in [0, 0.1) is 20.8 Å². The predicted octanol–water partition coefficient (Wildman–Crippen LogP) is 2.25. The highest BCUT2D eigenvalue weighted by Crippen LogP contribution is 2.14. The molecule has 8 heteroatoms. The molecular formula is C16H27IN6O. The van der Waals surface area contributed by atoms with Gasteiger partial charge in [-0.15, -0.1) is 24.0 Å². The van der Waals surface area contributed by atoms with E-state index in [1.165, 1.54) is 11.3 Å². The molecule has 1 unspecified atom stereocenters. The van der Waals surface area contributed by atoms with Crippen LogP contribution in [-0.4, -0.2) is 34.0 Å². The van der Waals surface area contributed by atoms with E-state index in [1.807, 2.05) is 31.6 Å². The van der Waals surface area contributed by atoms with Crippen LogP contribution in [0.25, 0.3) is 0 Å². The lowest BCUT2D eigenvalue weighted by Crippen LogP contribution is -2.42. The number of rotatable bonds is 5. The van der Waals surface area contributed by atoms with E-state index in [0.717, 1.165) is 29.5 Å². The van der Waals surface area contributed by atoms with Gasteiger partial charge >= 0.3 is 0 Å². The molecule has 0 fully saturated rings. The maximum Gasteiger partial charge on any atom is 0.191 e. The van der Waals surface area contributed by atoms with Gasteiger partial charge in [-0.05, 0) is 39.7 Å². The summed E-state index contributed by atoms with van der Waals surface area (Å²) in [5.41, 5.74) is 4.45. The number of halogens is 1.